The third-order valence-electron chi connectivity index (χ3n) is 6.61. The van der Waals surface area contributed by atoms with Gasteiger partial charge in [-0.05, 0) is 55.2 Å². The molecule has 1 amide bonds. The summed E-state index contributed by atoms with van der Waals surface area (Å²) in [5, 5.41) is 8.93. The standard InChI is InChI=1S/C24H33NO6/c1-3-18-14-17(8-9-21(18)30-13-12-25(2)23(28)29)10-11-24(19-6-4-5-7-19)16-20(26)15-22(27)31-24/h8-9,14,19H,3-7,10-13,15-16H2,1-2H3,(H,28,29). The lowest BCUT2D eigenvalue weighted by Gasteiger charge is -2.41. The van der Waals surface area contributed by atoms with Crippen LogP contribution in [-0.4, -0.2) is 53.7 Å². The average Bonchev–Trinajstić information content (AvgIpc) is 3.27. The second kappa shape index (κ2) is 10.2. The molecule has 1 heterocycles. The van der Waals surface area contributed by atoms with E-state index in [2.05, 4.69) is 13.0 Å². The first-order chi connectivity index (χ1) is 14.8. The minimum atomic E-state index is -0.979. The van der Waals surface area contributed by atoms with Gasteiger partial charge < -0.3 is 19.5 Å². The summed E-state index contributed by atoms with van der Waals surface area (Å²) in [6.07, 6.45) is 5.71. The number of carboxylic acid groups (broad SMARTS) is 1. The van der Waals surface area contributed by atoms with E-state index in [1.165, 1.54) is 11.9 Å². The van der Waals surface area contributed by atoms with Crippen LogP contribution in [0.2, 0.25) is 0 Å². The Kier molecular flexibility index (Phi) is 7.57. The van der Waals surface area contributed by atoms with Gasteiger partial charge >= 0.3 is 12.1 Å². The summed E-state index contributed by atoms with van der Waals surface area (Å²) >= 11 is 0. The van der Waals surface area contributed by atoms with Gasteiger partial charge in [-0.1, -0.05) is 31.9 Å². The number of carbonyl (C=O) groups excluding carboxylic acids is 2. The number of rotatable bonds is 9. The molecule has 0 radical (unpaired) electrons. The fraction of sp³-hybridized carbons (Fsp3) is 0.625. The van der Waals surface area contributed by atoms with E-state index in [-0.39, 0.29) is 30.7 Å². The molecule has 7 heteroatoms. The summed E-state index contributed by atoms with van der Waals surface area (Å²) in [7, 11) is 1.51. The number of esters is 1. The Morgan fingerprint density at radius 3 is 2.68 bits per heavy atom. The molecule has 1 unspecified atom stereocenters. The maximum atomic E-state index is 12.2. The van der Waals surface area contributed by atoms with E-state index in [4.69, 9.17) is 14.6 Å². The first-order valence-electron chi connectivity index (χ1n) is 11.2. The van der Waals surface area contributed by atoms with Gasteiger partial charge in [0.05, 0.1) is 6.54 Å². The first-order valence-corrected chi connectivity index (χ1v) is 11.2. The van der Waals surface area contributed by atoms with Crippen molar-refractivity contribution in [2.75, 3.05) is 20.2 Å². The molecule has 2 fully saturated rings. The summed E-state index contributed by atoms with van der Waals surface area (Å²) in [5.41, 5.74) is 1.52. The molecule has 7 nitrogen and oxygen atoms in total. The summed E-state index contributed by atoms with van der Waals surface area (Å²) in [6.45, 7) is 2.64. The van der Waals surface area contributed by atoms with Crippen molar-refractivity contribution in [2.45, 2.75) is 70.3 Å². The summed E-state index contributed by atoms with van der Waals surface area (Å²) in [6, 6.07) is 6.03. The van der Waals surface area contributed by atoms with Crippen molar-refractivity contribution in [3.05, 3.63) is 29.3 Å². The minimum Gasteiger partial charge on any atom is -0.491 e. The van der Waals surface area contributed by atoms with Crippen molar-refractivity contribution in [3.63, 3.8) is 0 Å². The zero-order chi connectivity index (χ0) is 22.4. The van der Waals surface area contributed by atoms with Gasteiger partial charge in [0, 0.05) is 13.5 Å². The van der Waals surface area contributed by atoms with Crippen LogP contribution in [0.15, 0.2) is 18.2 Å². The molecule has 0 bridgehead atoms. The molecule has 2 aliphatic rings. The highest BCUT2D eigenvalue weighted by Crippen LogP contribution is 2.44. The molecule has 1 aromatic carbocycles. The summed E-state index contributed by atoms with van der Waals surface area (Å²) < 4.78 is 11.7. The molecule has 1 aliphatic carbocycles. The van der Waals surface area contributed by atoms with Crippen LogP contribution in [0.5, 0.6) is 5.75 Å². The number of Topliss-reactive ketones (excluding diaryl/α,β-unsaturated/α-hetero) is 1. The molecular weight excluding hydrogens is 398 g/mol. The molecule has 3 rings (SSSR count). The van der Waals surface area contributed by atoms with E-state index in [0.717, 1.165) is 55.4 Å². The number of ketones is 1. The van der Waals surface area contributed by atoms with Crippen molar-refractivity contribution in [1.29, 1.82) is 0 Å². The van der Waals surface area contributed by atoms with Gasteiger partial charge in [0.25, 0.3) is 0 Å². The van der Waals surface area contributed by atoms with Crippen LogP contribution in [0.4, 0.5) is 4.79 Å². The van der Waals surface area contributed by atoms with E-state index >= 15 is 0 Å². The fourth-order valence-corrected chi connectivity index (χ4v) is 4.83. The number of hydrogen-bond acceptors (Lipinski definition) is 5. The highest BCUT2D eigenvalue weighted by molar-refractivity contribution is 5.98. The SMILES string of the molecule is CCc1cc(CCC2(C3CCCC3)CC(=O)CC(=O)O2)ccc1OCCN(C)C(=O)O. The van der Waals surface area contributed by atoms with Gasteiger partial charge in [-0.3, -0.25) is 9.59 Å². The molecule has 1 saturated carbocycles. The second-order valence-electron chi connectivity index (χ2n) is 8.76. The molecule has 0 aromatic heterocycles. The smallest absolute Gasteiger partial charge is 0.407 e. The van der Waals surface area contributed by atoms with Gasteiger partial charge in [-0.25, -0.2) is 4.79 Å². The van der Waals surface area contributed by atoms with Gasteiger partial charge in [-0.15, -0.1) is 0 Å². The van der Waals surface area contributed by atoms with Crippen LogP contribution in [0.1, 0.15) is 63.0 Å². The molecule has 31 heavy (non-hydrogen) atoms. The number of cyclic esters (lactones) is 1. The highest BCUT2D eigenvalue weighted by Gasteiger charge is 2.47. The summed E-state index contributed by atoms with van der Waals surface area (Å²) in [4.78, 5) is 36.4. The predicted molar refractivity (Wildman–Crippen MR) is 115 cm³/mol. The Balaban J connectivity index is 1.67. The normalized spacial score (nSPS) is 21.7. The maximum Gasteiger partial charge on any atom is 0.407 e. The molecule has 170 valence electrons. The first kappa shape index (κ1) is 23.1. The number of hydrogen-bond donors (Lipinski definition) is 1. The minimum absolute atomic E-state index is 0.00697. The quantitative estimate of drug-likeness (QED) is 0.469. The van der Waals surface area contributed by atoms with Crippen LogP contribution in [0.3, 0.4) is 0 Å². The number of carbonyl (C=O) groups is 3. The third-order valence-corrected chi connectivity index (χ3v) is 6.61. The zero-order valence-electron chi connectivity index (χ0n) is 18.5. The van der Waals surface area contributed by atoms with Crippen LogP contribution >= 0.6 is 0 Å². The van der Waals surface area contributed by atoms with Crippen molar-refractivity contribution >= 4 is 17.8 Å². The monoisotopic (exact) mass is 431 g/mol. The van der Waals surface area contributed by atoms with E-state index in [0.29, 0.717) is 19.4 Å². The van der Waals surface area contributed by atoms with Crippen LogP contribution in [-0.2, 0) is 27.2 Å². The maximum absolute atomic E-state index is 12.2. The Morgan fingerprint density at radius 1 is 1.29 bits per heavy atom. The van der Waals surface area contributed by atoms with Crippen molar-refractivity contribution < 1.29 is 29.0 Å². The van der Waals surface area contributed by atoms with E-state index in [1.54, 1.807) is 0 Å². The van der Waals surface area contributed by atoms with Gasteiger partial charge in [0.2, 0.25) is 0 Å². The third kappa shape index (κ3) is 5.77. The average molecular weight is 432 g/mol. The molecule has 0 spiro atoms. The van der Waals surface area contributed by atoms with E-state index in [9.17, 15) is 14.4 Å². The Hall–Kier alpha value is -2.57. The number of ether oxygens (including phenoxy) is 2. The fourth-order valence-electron chi connectivity index (χ4n) is 4.83. The Bertz CT molecular complexity index is 798. The van der Waals surface area contributed by atoms with Gasteiger partial charge in [0.15, 0.2) is 0 Å². The Morgan fingerprint density at radius 2 is 2.03 bits per heavy atom. The van der Waals surface area contributed by atoms with Crippen molar-refractivity contribution in [2.24, 2.45) is 5.92 Å². The number of likely N-dealkylation sites (N-methyl/N-ethyl adjacent to an activating group) is 1. The molecule has 1 aliphatic heterocycles. The largest absolute Gasteiger partial charge is 0.491 e. The van der Waals surface area contributed by atoms with E-state index < -0.39 is 11.7 Å². The van der Waals surface area contributed by atoms with Crippen LogP contribution in [0, 0.1) is 5.92 Å². The number of benzene rings is 1. The lowest BCUT2D eigenvalue weighted by molar-refractivity contribution is -0.178. The van der Waals surface area contributed by atoms with Gasteiger partial charge in [-0.2, -0.15) is 0 Å². The van der Waals surface area contributed by atoms with Gasteiger partial charge in [0.1, 0.15) is 30.2 Å². The highest BCUT2D eigenvalue weighted by atomic mass is 16.6. The Labute approximate surface area is 183 Å². The number of amides is 1. The molecule has 1 atom stereocenters. The van der Waals surface area contributed by atoms with Crippen molar-refractivity contribution in [1.82, 2.24) is 4.90 Å². The van der Waals surface area contributed by atoms with E-state index in [1.807, 2.05) is 12.1 Å². The van der Waals surface area contributed by atoms with Crippen molar-refractivity contribution in [3.8, 4) is 5.75 Å². The number of nitrogens with zero attached hydrogens (tertiary/aromatic N) is 1. The summed E-state index contributed by atoms with van der Waals surface area (Å²) in [5.74, 6) is 0.634. The molecule has 1 N–H and O–H groups in total. The lowest BCUT2D eigenvalue weighted by Crippen LogP contribution is -2.48. The van der Waals surface area contributed by atoms with Crippen LogP contribution in [0.25, 0.3) is 0 Å². The zero-order valence-corrected chi connectivity index (χ0v) is 18.5. The topological polar surface area (TPSA) is 93.1 Å². The number of aryl methyl sites for hydroxylation is 2. The lowest BCUT2D eigenvalue weighted by atomic mass is 9.76. The second-order valence-corrected chi connectivity index (χ2v) is 8.76. The molecule has 1 aromatic rings. The molecule has 1 saturated heterocycles. The molecular formula is C24H33NO6. The predicted octanol–water partition coefficient (Wildman–Crippen LogP) is 4.01. The van der Waals surface area contributed by atoms with Crippen LogP contribution < -0.4 is 4.74 Å².